The van der Waals surface area contributed by atoms with Crippen LogP contribution in [0, 0.1) is 11.8 Å². The summed E-state index contributed by atoms with van der Waals surface area (Å²) in [6, 6.07) is 0. The third-order valence-electron chi connectivity index (χ3n) is 3.19. The Bertz CT molecular complexity index is 221. The predicted octanol–water partition coefficient (Wildman–Crippen LogP) is 4.69. The summed E-state index contributed by atoms with van der Waals surface area (Å²) >= 11 is 0. The van der Waals surface area contributed by atoms with Gasteiger partial charge in [0.2, 0.25) is 0 Å². The fraction of sp³-hybridized carbons (Fsp3) is 0.867. The third-order valence-corrected chi connectivity index (χ3v) is 5.45. The molecule has 0 aromatic heterocycles. The molecule has 0 N–H and O–H groups in total. The highest BCUT2D eigenvalue weighted by atomic mass is 28.4. The van der Waals surface area contributed by atoms with Crippen molar-refractivity contribution in [3.05, 3.63) is 12.3 Å². The zero-order valence-electron chi connectivity index (χ0n) is 13.2. The summed E-state index contributed by atoms with van der Waals surface area (Å²) in [7, 11) is -2.20. The van der Waals surface area contributed by atoms with E-state index in [1.165, 1.54) is 12.8 Å². The molecule has 0 aromatic rings. The largest absolute Gasteiger partial charge is 0.391 e. The molecule has 108 valence electrons. The van der Waals surface area contributed by atoms with Crippen molar-refractivity contribution in [1.29, 1.82) is 0 Å². The van der Waals surface area contributed by atoms with Crippen LogP contribution in [0.4, 0.5) is 0 Å². The van der Waals surface area contributed by atoms with Crippen molar-refractivity contribution in [1.82, 2.24) is 0 Å². The zero-order chi connectivity index (χ0) is 14.2. The van der Waals surface area contributed by atoms with Gasteiger partial charge in [-0.3, -0.25) is 0 Å². The molecule has 0 saturated heterocycles. The Morgan fingerprint density at radius 1 is 1.11 bits per heavy atom. The molecule has 0 spiro atoms. The lowest BCUT2D eigenvalue weighted by Crippen LogP contribution is -2.44. The first kappa shape index (κ1) is 17.9. The summed E-state index contributed by atoms with van der Waals surface area (Å²) < 4.78 is 12.3. The molecule has 0 bridgehead atoms. The van der Waals surface area contributed by atoms with Gasteiger partial charge in [0.15, 0.2) is 0 Å². The first-order valence-corrected chi connectivity index (χ1v) is 9.71. The van der Waals surface area contributed by atoms with Crippen molar-refractivity contribution in [2.45, 2.75) is 66.5 Å². The van der Waals surface area contributed by atoms with Crippen LogP contribution in [-0.2, 0) is 8.85 Å². The highest BCUT2D eigenvalue weighted by molar-refractivity contribution is 6.71. The summed E-state index contributed by atoms with van der Waals surface area (Å²) in [4.78, 5) is 0. The Kier molecular flexibility index (Phi) is 8.83. The smallest absolute Gasteiger partial charge is 0.361 e. The van der Waals surface area contributed by atoms with Gasteiger partial charge in [0.05, 0.1) is 6.10 Å². The number of hydrogen-bond acceptors (Lipinski definition) is 2. The van der Waals surface area contributed by atoms with Gasteiger partial charge in [0.25, 0.3) is 0 Å². The van der Waals surface area contributed by atoms with Gasteiger partial charge in [-0.05, 0) is 30.5 Å². The standard InChI is InChI=1S/C15H32O2Si/c1-8-10-11-12-16-18(7,9-2)17-15(13(3)4)14(5)6/h9,13-15H,2,8,10-12H2,1,3-7H3. The van der Waals surface area contributed by atoms with Gasteiger partial charge in [-0.2, -0.15) is 0 Å². The molecule has 1 unspecified atom stereocenters. The van der Waals surface area contributed by atoms with Crippen molar-refractivity contribution in [3.63, 3.8) is 0 Å². The molecule has 0 aliphatic heterocycles. The maximum absolute atomic E-state index is 6.29. The fourth-order valence-corrected chi connectivity index (χ4v) is 4.00. The van der Waals surface area contributed by atoms with Crippen molar-refractivity contribution in [2.75, 3.05) is 6.61 Å². The van der Waals surface area contributed by atoms with E-state index in [9.17, 15) is 0 Å². The van der Waals surface area contributed by atoms with Crippen LogP contribution in [0.1, 0.15) is 53.9 Å². The van der Waals surface area contributed by atoms with Crippen LogP contribution < -0.4 is 0 Å². The second-order valence-corrected chi connectivity index (χ2v) is 8.81. The Morgan fingerprint density at radius 3 is 2.06 bits per heavy atom. The molecular formula is C15H32O2Si. The van der Waals surface area contributed by atoms with Gasteiger partial charge < -0.3 is 8.85 Å². The summed E-state index contributed by atoms with van der Waals surface area (Å²) in [5.74, 6) is 1.02. The molecule has 18 heavy (non-hydrogen) atoms. The lowest BCUT2D eigenvalue weighted by molar-refractivity contribution is 0.0589. The Labute approximate surface area is 115 Å². The van der Waals surface area contributed by atoms with E-state index in [1.807, 2.05) is 5.70 Å². The molecule has 0 aromatic carbocycles. The lowest BCUT2D eigenvalue weighted by atomic mass is 9.97. The van der Waals surface area contributed by atoms with Crippen molar-refractivity contribution in [3.8, 4) is 0 Å². The quantitative estimate of drug-likeness (QED) is 0.424. The molecule has 0 amide bonds. The summed E-state index contributed by atoms with van der Waals surface area (Å²) in [6.07, 6.45) is 3.81. The van der Waals surface area contributed by atoms with E-state index in [0.717, 1.165) is 13.0 Å². The topological polar surface area (TPSA) is 18.5 Å². The highest BCUT2D eigenvalue weighted by Gasteiger charge is 2.33. The first-order chi connectivity index (χ1) is 8.36. The fourth-order valence-electron chi connectivity index (χ4n) is 2.08. The van der Waals surface area contributed by atoms with E-state index < -0.39 is 8.56 Å². The van der Waals surface area contributed by atoms with E-state index in [-0.39, 0.29) is 6.10 Å². The van der Waals surface area contributed by atoms with E-state index >= 15 is 0 Å². The predicted molar refractivity (Wildman–Crippen MR) is 81.8 cm³/mol. The van der Waals surface area contributed by atoms with Crippen LogP contribution in [0.3, 0.4) is 0 Å². The van der Waals surface area contributed by atoms with Crippen molar-refractivity contribution in [2.24, 2.45) is 11.8 Å². The Hall–Kier alpha value is -0.123. The molecular weight excluding hydrogens is 240 g/mol. The molecule has 3 heteroatoms. The van der Waals surface area contributed by atoms with E-state index in [4.69, 9.17) is 8.85 Å². The number of hydrogen-bond donors (Lipinski definition) is 0. The molecule has 0 radical (unpaired) electrons. The molecule has 1 atom stereocenters. The third kappa shape index (κ3) is 6.71. The lowest BCUT2D eigenvalue weighted by Gasteiger charge is -2.33. The van der Waals surface area contributed by atoms with Crippen LogP contribution in [0.15, 0.2) is 12.3 Å². The van der Waals surface area contributed by atoms with Gasteiger partial charge in [-0.25, -0.2) is 0 Å². The second kappa shape index (κ2) is 8.89. The second-order valence-electron chi connectivity index (χ2n) is 5.85. The van der Waals surface area contributed by atoms with E-state index in [0.29, 0.717) is 11.8 Å². The average Bonchev–Trinajstić information content (AvgIpc) is 2.31. The van der Waals surface area contributed by atoms with Crippen molar-refractivity contribution < 1.29 is 8.85 Å². The zero-order valence-corrected chi connectivity index (χ0v) is 14.2. The van der Waals surface area contributed by atoms with Gasteiger partial charge in [0.1, 0.15) is 0 Å². The van der Waals surface area contributed by atoms with Gasteiger partial charge in [-0.15, -0.1) is 6.58 Å². The number of rotatable bonds is 10. The minimum absolute atomic E-state index is 0.255. The monoisotopic (exact) mass is 272 g/mol. The Balaban J connectivity index is 4.39. The minimum Gasteiger partial charge on any atom is -0.391 e. The Morgan fingerprint density at radius 2 is 1.67 bits per heavy atom. The molecule has 0 saturated carbocycles. The molecule has 0 aliphatic carbocycles. The highest BCUT2D eigenvalue weighted by Crippen LogP contribution is 2.22. The molecule has 0 rings (SSSR count). The van der Waals surface area contributed by atoms with Crippen LogP contribution in [-0.4, -0.2) is 21.3 Å². The summed E-state index contributed by atoms with van der Waals surface area (Å²) in [6.45, 7) is 17.8. The number of unbranched alkanes of at least 4 members (excludes halogenated alkanes) is 2. The van der Waals surface area contributed by atoms with Gasteiger partial charge in [0, 0.05) is 6.61 Å². The van der Waals surface area contributed by atoms with E-state index in [2.05, 4.69) is 47.7 Å². The van der Waals surface area contributed by atoms with Gasteiger partial charge in [-0.1, -0.05) is 47.5 Å². The van der Waals surface area contributed by atoms with Gasteiger partial charge >= 0.3 is 8.56 Å². The maximum atomic E-state index is 6.29. The first-order valence-electron chi connectivity index (χ1n) is 7.31. The summed E-state index contributed by atoms with van der Waals surface area (Å²) in [5.41, 5.74) is 1.91. The van der Waals surface area contributed by atoms with Crippen LogP contribution in [0.2, 0.25) is 6.55 Å². The molecule has 2 nitrogen and oxygen atoms in total. The summed E-state index contributed by atoms with van der Waals surface area (Å²) in [5, 5.41) is 0. The molecule has 0 aliphatic rings. The van der Waals surface area contributed by atoms with Crippen LogP contribution in [0.5, 0.6) is 0 Å². The average molecular weight is 273 g/mol. The maximum Gasteiger partial charge on any atom is 0.361 e. The minimum atomic E-state index is -2.20. The normalized spacial score (nSPS) is 15.4. The van der Waals surface area contributed by atoms with Crippen molar-refractivity contribution >= 4 is 8.56 Å². The van der Waals surface area contributed by atoms with Crippen LogP contribution >= 0.6 is 0 Å². The molecule has 0 fully saturated rings. The molecule has 0 heterocycles. The van der Waals surface area contributed by atoms with Crippen LogP contribution in [0.25, 0.3) is 0 Å². The van der Waals surface area contributed by atoms with E-state index in [1.54, 1.807) is 0 Å². The SMILES string of the molecule is C=C[Si](C)(OCCCCC)OC(C(C)C)C(C)C.